The van der Waals surface area contributed by atoms with Crippen molar-refractivity contribution in [2.24, 2.45) is 0 Å². The SMILES string of the molecule is O=C(NC1(Cc2cccc(Cl)c2)CC1)c1ccc(S(=O)(=O)Nc2nccs2)cc1. The van der Waals surface area contributed by atoms with Gasteiger partial charge in [0.25, 0.3) is 15.9 Å². The molecule has 1 aliphatic carbocycles. The molecule has 0 radical (unpaired) electrons. The van der Waals surface area contributed by atoms with Crippen molar-refractivity contribution in [1.82, 2.24) is 10.3 Å². The van der Waals surface area contributed by atoms with Crippen LogP contribution >= 0.6 is 22.9 Å². The zero-order chi connectivity index (χ0) is 20.5. The second kappa shape index (κ2) is 7.78. The summed E-state index contributed by atoms with van der Waals surface area (Å²) in [5, 5.41) is 5.74. The van der Waals surface area contributed by atoms with E-state index in [-0.39, 0.29) is 16.3 Å². The Morgan fingerprint density at radius 2 is 1.93 bits per heavy atom. The summed E-state index contributed by atoms with van der Waals surface area (Å²) >= 11 is 7.24. The first kappa shape index (κ1) is 19.9. The molecule has 6 nitrogen and oxygen atoms in total. The van der Waals surface area contributed by atoms with Crippen molar-refractivity contribution >= 4 is 44.0 Å². The third kappa shape index (κ3) is 4.77. The molecule has 1 aliphatic rings. The number of nitrogens with zero attached hydrogens (tertiary/aromatic N) is 1. The molecule has 2 aromatic carbocycles. The number of hydrogen-bond acceptors (Lipinski definition) is 5. The minimum atomic E-state index is -3.74. The van der Waals surface area contributed by atoms with E-state index < -0.39 is 10.0 Å². The average molecular weight is 448 g/mol. The van der Waals surface area contributed by atoms with Crippen molar-refractivity contribution in [2.45, 2.75) is 29.7 Å². The Bertz CT molecular complexity index is 1130. The molecule has 1 saturated carbocycles. The predicted molar refractivity (Wildman–Crippen MR) is 114 cm³/mol. The molecular weight excluding hydrogens is 430 g/mol. The molecule has 4 rings (SSSR count). The Morgan fingerprint density at radius 3 is 2.55 bits per heavy atom. The number of thiazole rings is 1. The standard InChI is InChI=1S/C20H18ClN3O3S2/c21-16-3-1-2-14(12-16)13-20(8-9-20)23-18(25)15-4-6-17(7-5-15)29(26,27)24-19-22-10-11-28-19/h1-7,10-12H,8-9,13H2,(H,22,24)(H,23,25). The number of halogens is 1. The molecule has 150 valence electrons. The predicted octanol–water partition coefficient (Wildman–Crippen LogP) is 4.10. The average Bonchev–Trinajstić information content (AvgIpc) is 3.22. The van der Waals surface area contributed by atoms with Crippen molar-refractivity contribution in [3.8, 4) is 0 Å². The third-order valence-electron chi connectivity index (χ3n) is 4.74. The van der Waals surface area contributed by atoms with Gasteiger partial charge in [0.2, 0.25) is 0 Å². The first-order chi connectivity index (χ1) is 13.9. The molecule has 1 aromatic heterocycles. The first-order valence-corrected chi connectivity index (χ1v) is 11.7. The van der Waals surface area contributed by atoms with Crippen molar-refractivity contribution in [3.63, 3.8) is 0 Å². The van der Waals surface area contributed by atoms with Gasteiger partial charge in [-0.3, -0.25) is 9.52 Å². The monoisotopic (exact) mass is 447 g/mol. The molecule has 0 aliphatic heterocycles. The van der Waals surface area contributed by atoms with Gasteiger partial charge < -0.3 is 5.32 Å². The second-order valence-corrected chi connectivity index (χ2v) is 10.0. The fourth-order valence-electron chi connectivity index (χ4n) is 3.08. The summed E-state index contributed by atoms with van der Waals surface area (Å²) in [6.07, 6.45) is 4.03. The maximum atomic E-state index is 12.7. The van der Waals surface area contributed by atoms with Crippen LogP contribution in [0.5, 0.6) is 0 Å². The molecule has 0 spiro atoms. The Morgan fingerprint density at radius 1 is 1.17 bits per heavy atom. The molecule has 0 saturated heterocycles. The zero-order valence-electron chi connectivity index (χ0n) is 15.3. The highest BCUT2D eigenvalue weighted by atomic mass is 35.5. The molecule has 1 fully saturated rings. The molecular formula is C20H18ClN3O3S2. The Balaban J connectivity index is 1.43. The van der Waals surface area contributed by atoms with Crippen LogP contribution in [0.15, 0.2) is 65.0 Å². The van der Waals surface area contributed by atoms with Crippen LogP contribution in [-0.2, 0) is 16.4 Å². The zero-order valence-corrected chi connectivity index (χ0v) is 17.7. The van der Waals surface area contributed by atoms with E-state index in [4.69, 9.17) is 11.6 Å². The number of benzene rings is 2. The summed E-state index contributed by atoms with van der Waals surface area (Å²) in [6.45, 7) is 0. The highest BCUT2D eigenvalue weighted by Crippen LogP contribution is 2.39. The van der Waals surface area contributed by atoms with E-state index in [0.717, 1.165) is 18.4 Å². The summed E-state index contributed by atoms with van der Waals surface area (Å²) in [5.74, 6) is -0.221. The normalized spacial score (nSPS) is 14.9. The number of anilines is 1. The van der Waals surface area contributed by atoms with Crippen LogP contribution < -0.4 is 10.0 Å². The van der Waals surface area contributed by atoms with Gasteiger partial charge in [-0.2, -0.15) is 0 Å². The van der Waals surface area contributed by atoms with E-state index in [2.05, 4.69) is 15.0 Å². The van der Waals surface area contributed by atoms with Crippen molar-refractivity contribution in [2.75, 3.05) is 4.72 Å². The Kier molecular flexibility index (Phi) is 5.33. The molecule has 3 aromatic rings. The summed E-state index contributed by atoms with van der Waals surface area (Å²) in [4.78, 5) is 16.7. The van der Waals surface area contributed by atoms with Gasteiger partial charge in [0.05, 0.1) is 4.90 Å². The van der Waals surface area contributed by atoms with Crippen LogP contribution in [0.4, 0.5) is 5.13 Å². The molecule has 29 heavy (non-hydrogen) atoms. The van der Waals surface area contributed by atoms with Gasteiger partial charge in [-0.15, -0.1) is 11.3 Å². The van der Waals surface area contributed by atoms with Gasteiger partial charge in [0.1, 0.15) is 0 Å². The molecule has 0 bridgehead atoms. The number of nitrogens with one attached hydrogen (secondary N) is 2. The maximum absolute atomic E-state index is 12.7. The molecule has 0 unspecified atom stereocenters. The number of hydrogen-bond donors (Lipinski definition) is 2. The summed E-state index contributed by atoms with van der Waals surface area (Å²) < 4.78 is 27.2. The number of sulfonamides is 1. The van der Waals surface area contributed by atoms with E-state index >= 15 is 0 Å². The van der Waals surface area contributed by atoms with E-state index in [0.29, 0.717) is 22.1 Å². The van der Waals surface area contributed by atoms with E-state index in [1.54, 1.807) is 5.38 Å². The van der Waals surface area contributed by atoms with E-state index in [1.807, 2.05) is 24.3 Å². The number of carbonyl (C=O) groups excluding carboxylic acids is 1. The highest BCUT2D eigenvalue weighted by Gasteiger charge is 2.44. The molecule has 1 amide bonds. The van der Waals surface area contributed by atoms with Crippen molar-refractivity contribution in [3.05, 3.63) is 76.3 Å². The van der Waals surface area contributed by atoms with Crippen LogP contribution in [0, 0.1) is 0 Å². The Labute approximate surface area is 178 Å². The lowest BCUT2D eigenvalue weighted by atomic mass is 10.0. The second-order valence-electron chi connectivity index (χ2n) is 7.01. The number of aromatic nitrogens is 1. The van der Waals surface area contributed by atoms with Crippen LogP contribution in [0.2, 0.25) is 5.02 Å². The number of rotatable bonds is 7. The number of carbonyl (C=O) groups is 1. The lowest BCUT2D eigenvalue weighted by Gasteiger charge is -2.18. The van der Waals surface area contributed by atoms with E-state index in [9.17, 15) is 13.2 Å². The maximum Gasteiger partial charge on any atom is 0.263 e. The minimum absolute atomic E-state index is 0.0734. The van der Waals surface area contributed by atoms with Crippen LogP contribution in [0.3, 0.4) is 0 Å². The molecule has 1 heterocycles. The lowest BCUT2D eigenvalue weighted by molar-refractivity contribution is 0.0931. The summed E-state index contributed by atoms with van der Waals surface area (Å²) in [6, 6.07) is 13.5. The topological polar surface area (TPSA) is 88.2 Å². The van der Waals surface area contributed by atoms with Gasteiger partial charge >= 0.3 is 0 Å². The van der Waals surface area contributed by atoms with Crippen LogP contribution in [0.1, 0.15) is 28.8 Å². The fraction of sp³-hybridized carbons (Fsp3) is 0.200. The third-order valence-corrected chi connectivity index (χ3v) is 7.15. The molecule has 9 heteroatoms. The largest absolute Gasteiger partial charge is 0.346 e. The fourth-order valence-corrected chi connectivity index (χ4v) is 5.08. The smallest absolute Gasteiger partial charge is 0.263 e. The minimum Gasteiger partial charge on any atom is -0.346 e. The van der Waals surface area contributed by atoms with Gasteiger partial charge in [-0.05, 0) is 61.2 Å². The highest BCUT2D eigenvalue weighted by molar-refractivity contribution is 7.93. The quantitative estimate of drug-likeness (QED) is 0.570. The summed E-state index contributed by atoms with van der Waals surface area (Å²) in [5.41, 5.74) is 1.22. The first-order valence-electron chi connectivity index (χ1n) is 8.95. The number of amides is 1. The van der Waals surface area contributed by atoms with Gasteiger partial charge in [0.15, 0.2) is 5.13 Å². The lowest BCUT2D eigenvalue weighted by Crippen LogP contribution is -2.38. The summed E-state index contributed by atoms with van der Waals surface area (Å²) in [7, 11) is -3.74. The van der Waals surface area contributed by atoms with E-state index in [1.165, 1.54) is 41.8 Å². The van der Waals surface area contributed by atoms with Gasteiger partial charge in [-0.25, -0.2) is 13.4 Å². The van der Waals surface area contributed by atoms with Crippen LogP contribution in [-0.4, -0.2) is 24.8 Å². The van der Waals surface area contributed by atoms with Crippen molar-refractivity contribution < 1.29 is 13.2 Å². The Hall–Kier alpha value is -2.42. The van der Waals surface area contributed by atoms with Gasteiger partial charge in [-0.1, -0.05) is 23.7 Å². The molecule has 2 N–H and O–H groups in total. The van der Waals surface area contributed by atoms with Crippen LogP contribution in [0.25, 0.3) is 0 Å². The van der Waals surface area contributed by atoms with Gasteiger partial charge in [0, 0.05) is 27.7 Å². The van der Waals surface area contributed by atoms with Crippen molar-refractivity contribution in [1.29, 1.82) is 0 Å². The molecule has 0 atom stereocenters.